The number of fused-ring (bicyclic) bond motifs is 1. The summed E-state index contributed by atoms with van der Waals surface area (Å²) in [6.45, 7) is 0.743. The molecule has 0 bridgehead atoms. The molecule has 1 saturated carbocycles. The summed E-state index contributed by atoms with van der Waals surface area (Å²) in [5.74, 6) is 0.874. The van der Waals surface area contributed by atoms with Crippen LogP contribution in [-0.2, 0) is 32.6 Å². The number of carbonyl (C=O) groups is 2. The maximum Gasteiger partial charge on any atom is 0.240 e. The number of hydrogen-bond donors (Lipinski definition) is 3. The Kier molecular flexibility index (Phi) is 6.95. The smallest absolute Gasteiger partial charge is 0.240 e. The second-order valence-corrected chi connectivity index (χ2v) is 10.4. The molecular formula is C23H29N3O5S. The molecule has 2 amide bonds. The number of hydrogen-bond acceptors (Lipinski definition) is 5. The first-order valence-corrected chi connectivity index (χ1v) is 12.6. The molecule has 1 fully saturated rings. The minimum Gasteiger partial charge on any atom is -0.467 e. The van der Waals surface area contributed by atoms with Crippen molar-refractivity contribution in [1.29, 1.82) is 0 Å². The van der Waals surface area contributed by atoms with Gasteiger partial charge in [0, 0.05) is 24.6 Å². The van der Waals surface area contributed by atoms with Crippen LogP contribution in [0.1, 0.15) is 49.8 Å². The Balaban J connectivity index is 1.26. The van der Waals surface area contributed by atoms with Gasteiger partial charge in [0.1, 0.15) is 5.76 Å². The molecule has 0 spiro atoms. The molecule has 1 aliphatic carbocycles. The topological polar surface area (TPSA) is 118 Å². The zero-order valence-electron chi connectivity index (χ0n) is 17.9. The average molecular weight is 460 g/mol. The van der Waals surface area contributed by atoms with Crippen molar-refractivity contribution in [1.82, 2.24) is 10.0 Å². The molecule has 1 aromatic carbocycles. The van der Waals surface area contributed by atoms with Crippen molar-refractivity contribution in [2.75, 3.05) is 11.9 Å². The lowest BCUT2D eigenvalue weighted by atomic mass is 9.81. The normalized spacial score (nSPS) is 21.3. The minimum absolute atomic E-state index is 0.0255. The van der Waals surface area contributed by atoms with Crippen molar-refractivity contribution in [3.8, 4) is 0 Å². The highest BCUT2D eigenvalue weighted by molar-refractivity contribution is 7.89. The molecule has 0 radical (unpaired) electrons. The van der Waals surface area contributed by atoms with Gasteiger partial charge < -0.3 is 15.1 Å². The molecule has 4 rings (SSSR count). The monoisotopic (exact) mass is 459 g/mol. The molecule has 8 nitrogen and oxygen atoms in total. The van der Waals surface area contributed by atoms with E-state index in [0.29, 0.717) is 38.0 Å². The van der Waals surface area contributed by atoms with E-state index in [1.165, 1.54) is 6.07 Å². The number of benzene rings is 1. The van der Waals surface area contributed by atoms with Crippen molar-refractivity contribution in [2.24, 2.45) is 11.8 Å². The van der Waals surface area contributed by atoms with E-state index in [1.54, 1.807) is 24.5 Å². The summed E-state index contributed by atoms with van der Waals surface area (Å²) in [4.78, 5) is 24.3. The molecule has 2 aromatic rings. The van der Waals surface area contributed by atoms with Crippen LogP contribution in [0.25, 0.3) is 0 Å². The van der Waals surface area contributed by atoms with Crippen LogP contribution in [-0.4, -0.2) is 26.8 Å². The van der Waals surface area contributed by atoms with Gasteiger partial charge in [0.25, 0.3) is 0 Å². The van der Waals surface area contributed by atoms with Crippen molar-refractivity contribution in [3.05, 3.63) is 47.9 Å². The van der Waals surface area contributed by atoms with Crippen molar-refractivity contribution < 1.29 is 22.4 Å². The molecule has 3 N–H and O–H groups in total. The van der Waals surface area contributed by atoms with Gasteiger partial charge in [-0.2, -0.15) is 0 Å². The van der Waals surface area contributed by atoms with E-state index < -0.39 is 10.0 Å². The van der Waals surface area contributed by atoms with Crippen LogP contribution < -0.4 is 15.4 Å². The molecule has 0 saturated heterocycles. The van der Waals surface area contributed by atoms with Gasteiger partial charge in [0.2, 0.25) is 21.8 Å². The first kappa shape index (κ1) is 22.5. The SMILES string of the molecule is O=C1CCCc2cc(S(=O)(=O)NCC3CCC(C(=O)NCc4ccco4)CC3)ccc2N1. The Bertz CT molecular complexity index is 1060. The third kappa shape index (κ3) is 5.58. The van der Waals surface area contributed by atoms with Gasteiger partial charge >= 0.3 is 0 Å². The highest BCUT2D eigenvalue weighted by atomic mass is 32.2. The number of sulfonamides is 1. The van der Waals surface area contributed by atoms with E-state index in [-0.39, 0.29) is 28.5 Å². The fourth-order valence-corrected chi connectivity index (χ4v) is 5.56. The van der Waals surface area contributed by atoms with Gasteiger partial charge in [0.15, 0.2) is 0 Å². The summed E-state index contributed by atoms with van der Waals surface area (Å²) in [5.41, 5.74) is 1.54. The zero-order valence-corrected chi connectivity index (χ0v) is 18.7. The van der Waals surface area contributed by atoms with Gasteiger partial charge in [-0.25, -0.2) is 13.1 Å². The van der Waals surface area contributed by atoms with Gasteiger partial charge in [-0.15, -0.1) is 0 Å². The largest absolute Gasteiger partial charge is 0.467 e. The van der Waals surface area contributed by atoms with Crippen LogP contribution >= 0.6 is 0 Å². The number of carbonyl (C=O) groups excluding carboxylic acids is 2. The molecular weight excluding hydrogens is 430 g/mol. The highest BCUT2D eigenvalue weighted by Gasteiger charge is 2.27. The Hall–Kier alpha value is -2.65. The minimum atomic E-state index is -3.63. The summed E-state index contributed by atoms with van der Waals surface area (Å²) in [5, 5.41) is 5.73. The number of furan rings is 1. The number of anilines is 1. The second kappa shape index (κ2) is 9.87. The second-order valence-electron chi connectivity index (χ2n) is 8.59. The molecule has 1 aliphatic heterocycles. The van der Waals surface area contributed by atoms with E-state index in [0.717, 1.165) is 37.0 Å². The number of aryl methyl sites for hydroxylation is 1. The Morgan fingerprint density at radius 2 is 1.94 bits per heavy atom. The van der Waals surface area contributed by atoms with Gasteiger partial charge in [0.05, 0.1) is 17.7 Å². The van der Waals surface area contributed by atoms with Crippen molar-refractivity contribution >= 4 is 27.5 Å². The lowest BCUT2D eigenvalue weighted by Gasteiger charge is -2.27. The third-order valence-electron chi connectivity index (χ3n) is 6.31. The molecule has 0 unspecified atom stereocenters. The van der Waals surface area contributed by atoms with Gasteiger partial charge in [-0.3, -0.25) is 9.59 Å². The quantitative estimate of drug-likeness (QED) is 0.588. The zero-order chi connectivity index (χ0) is 22.6. The lowest BCUT2D eigenvalue weighted by molar-refractivity contribution is -0.126. The van der Waals surface area contributed by atoms with Crippen LogP contribution in [0.2, 0.25) is 0 Å². The van der Waals surface area contributed by atoms with Crippen LogP contribution in [0.15, 0.2) is 45.9 Å². The maximum absolute atomic E-state index is 12.8. The fourth-order valence-electron chi connectivity index (χ4n) is 4.39. The third-order valence-corrected chi connectivity index (χ3v) is 7.73. The Morgan fingerprint density at radius 1 is 1.12 bits per heavy atom. The fraction of sp³-hybridized carbons (Fsp3) is 0.478. The van der Waals surface area contributed by atoms with Crippen LogP contribution in [0.3, 0.4) is 0 Å². The Morgan fingerprint density at radius 3 is 2.69 bits per heavy atom. The predicted octanol–water partition coefficient (Wildman–Crippen LogP) is 2.96. The van der Waals surface area contributed by atoms with Gasteiger partial charge in [-0.05, 0) is 80.3 Å². The first-order chi connectivity index (χ1) is 15.4. The average Bonchev–Trinajstić information content (AvgIpc) is 3.24. The first-order valence-electron chi connectivity index (χ1n) is 11.1. The standard InChI is InChI=1S/C23H29N3O5S/c27-22-5-1-3-18-13-20(10-11-21(18)26-22)32(29,30)25-14-16-6-8-17(9-7-16)23(28)24-15-19-4-2-12-31-19/h2,4,10-13,16-17,25H,1,3,5-9,14-15H2,(H,24,28)(H,26,27). The maximum atomic E-state index is 12.8. The molecule has 32 heavy (non-hydrogen) atoms. The molecule has 172 valence electrons. The van der Waals surface area contributed by atoms with Crippen LogP contribution in [0, 0.1) is 11.8 Å². The molecule has 2 heterocycles. The van der Waals surface area contributed by atoms with E-state index >= 15 is 0 Å². The lowest BCUT2D eigenvalue weighted by Crippen LogP contribution is -2.36. The van der Waals surface area contributed by atoms with Crippen LogP contribution in [0.5, 0.6) is 0 Å². The van der Waals surface area contributed by atoms with Gasteiger partial charge in [-0.1, -0.05) is 0 Å². The summed E-state index contributed by atoms with van der Waals surface area (Å²) in [6.07, 6.45) is 6.49. The summed E-state index contributed by atoms with van der Waals surface area (Å²) < 4.78 is 33.6. The summed E-state index contributed by atoms with van der Waals surface area (Å²) >= 11 is 0. The van der Waals surface area contributed by atoms with E-state index in [1.807, 2.05) is 6.07 Å². The van der Waals surface area contributed by atoms with Crippen molar-refractivity contribution in [3.63, 3.8) is 0 Å². The predicted molar refractivity (Wildman–Crippen MR) is 119 cm³/mol. The molecule has 0 atom stereocenters. The molecule has 1 aromatic heterocycles. The van der Waals surface area contributed by atoms with E-state index in [4.69, 9.17) is 4.42 Å². The highest BCUT2D eigenvalue weighted by Crippen LogP contribution is 2.29. The number of nitrogens with one attached hydrogen (secondary N) is 3. The summed E-state index contributed by atoms with van der Waals surface area (Å²) in [7, 11) is -3.63. The van der Waals surface area contributed by atoms with Crippen LogP contribution in [0.4, 0.5) is 5.69 Å². The van der Waals surface area contributed by atoms with Crippen molar-refractivity contribution in [2.45, 2.75) is 56.4 Å². The summed E-state index contributed by atoms with van der Waals surface area (Å²) in [6, 6.07) is 8.47. The van der Waals surface area contributed by atoms with E-state index in [9.17, 15) is 18.0 Å². The number of amides is 2. The molecule has 2 aliphatic rings. The number of rotatable bonds is 7. The van der Waals surface area contributed by atoms with E-state index in [2.05, 4.69) is 15.4 Å². The Labute approximate surface area is 188 Å². The molecule has 9 heteroatoms.